The monoisotopic (exact) mass is 346 g/mol. The van der Waals surface area contributed by atoms with Crippen LogP contribution in [0.25, 0.3) is 0 Å². The molecule has 4 rings (SSSR count). The van der Waals surface area contributed by atoms with Crippen LogP contribution in [0, 0.1) is 5.92 Å². The van der Waals surface area contributed by atoms with E-state index < -0.39 is 0 Å². The fourth-order valence-electron chi connectivity index (χ4n) is 4.55. The maximum absolute atomic E-state index is 6.22. The highest BCUT2D eigenvalue weighted by atomic mass is 16.5. The molecule has 0 spiro atoms. The van der Waals surface area contributed by atoms with E-state index in [1.807, 2.05) is 6.07 Å². The molecule has 3 fully saturated rings. The first-order valence-electron chi connectivity index (χ1n) is 9.66. The van der Waals surface area contributed by atoms with E-state index >= 15 is 0 Å². The first-order valence-corrected chi connectivity index (χ1v) is 9.66. The minimum atomic E-state index is 0.694. The summed E-state index contributed by atoms with van der Waals surface area (Å²) in [6, 6.07) is 7.05. The number of hydrogen-bond donors (Lipinski definition) is 0. The summed E-state index contributed by atoms with van der Waals surface area (Å²) in [5.74, 6) is 2.70. The Kier molecular flexibility index (Phi) is 5.44. The number of ether oxygens (including phenoxy) is 3. The molecular formula is C20H30N2O3. The maximum atomic E-state index is 6.22. The highest BCUT2D eigenvalue weighted by Crippen LogP contribution is 2.40. The quantitative estimate of drug-likeness (QED) is 0.757. The minimum Gasteiger partial charge on any atom is -0.493 e. The van der Waals surface area contributed by atoms with Crippen molar-refractivity contribution in [1.29, 1.82) is 0 Å². The fourth-order valence-corrected chi connectivity index (χ4v) is 4.55. The lowest BCUT2D eigenvalue weighted by atomic mass is 10.1. The SMILES string of the molecule is COc1cccc(CN2C[C@H]3CC[C@H]2C3)c1OCCN1CCOCC1. The third kappa shape index (κ3) is 3.94. The highest BCUT2D eigenvalue weighted by molar-refractivity contribution is 5.46. The Morgan fingerprint density at radius 2 is 2.08 bits per heavy atom. The summed E-state index contributed by atoms with van der Waals surface area (Å²) in [5, 5.41) is 0. The molecule has 1 aromatic rings. The predicted molar refractivity (Wildman–Crippen MR) is 97.3 cm³/mol. The zero-order valence-electron chi connectivity index (χ0n) is 15.3. The molecule has 2 atom stereocenters. The number of likely N-dealkylation sites (tertiary alicyclic amines) is 1. The summed E-state index contributed by atoms with van der Waals surface area (Å²) in [6.07, 6.45) is 4.17. The number of methoxy groups -OCH3 is 1. The average Bonchev–Trinajstić information content (AvgIpc) is 3.27. The number of hydrogen-bond acceptors (Lipinski definition) is 5. The first kappa shape index (κ1) is 17.1. The molecule has 138 valence electrons. The van der Waals surface area contributed by atoms with Gasteiger partial charge in [-0.3, -0.25) is 9.80 Å². The van der Waals surface area contributed by atoms with E-state index in [1.165, 1.54) is 31.4 Å². The van der Waals surface area contributed by atoms with Gasteiger partial charge in [-0.05, 0) is 31.2 Å². The molecule has 1 aliphatic carbocycles. The molecule has 5 nitrogen and oxygen atoms in total. The summed E-state index contributed by atoms with van der Waals surface area (Å²) in [5.41, 5.74) is 1.26. The molecule has 0 N–H and O–H groups in total. The second-order valence-corrected chi connectivity index (χ2v) is 7.51. The molecule has 0 radical (unpaired) electrons. The number of fused-ring (bicyclic) bond motifs is 2. The molecule has 0 amide bonds. The van der Waals surface area contributed by atoms with Gasteiger partial charge in [-0.15, -0.1) is 0 Å². The van der Waals surface area contributed by atoms with Crippen LogP contribution < -0.4 is 9.47 Å². The second kappa shape index (κ2) is 7.94. The lowest BCUT2D eigenvalue weighted by Crippen LogP contribution is -2.38. The van der Waals surface area contributed by atoms with Crippen molar-refractivity contribution in [2.24, 2.45) is 5.92 Å². The van der Waals surface area contributed by atoms with Crippen LogP contribution in [0.5, 0.6) is 11.5 Å². The molecule has 1 aromatic carbocycles. The molecule has 2 heterocycles. The van der Waals surface area contributed by atoms with E-state index in [2.05, 4.69) is 21.9 Å². The van der Waals surface area contributed by atoms with Gasteiger partial charge in [-0.25, -0.2) is 0 Å². The van der Waals surface area contributed by atoms with E-state index in [9.17, 15) is 0 Å². The van der Waals surface area contributed by atoms with Crippen LogP contribution in [-0.4, -0.2) is 69.0 Å². The van der Waals surface area contributed by atoms with Crippen molar-refractivity contribution in [2.75, 3.05) is 53.1 Å². The van der Waals surface area contributed by atoms with Gasteiger partial charge in [-0.2, -0.15) is 0 Å². The van der Waals surface area contributed by atoms with E-state index in [1.54, 1.807) is 7.11 Å². The molecule has 25 heavy (non-hydrogen) atoms. The van der Waals surface area contributed by atoms with Crippen LogP contribution in [0.1, 0.15) is 24.8 Å². The van der Waals surface area contributed by atoms with E-state index in [4.69, 9.17) is 14.2 Å². The van der Waals surface area contributed by atoms with Crippen LogP contribution in [0.3, 0.4) is 0 Å². The first-order chi connectivity index (χ1) is 12.3. The molecule has 2 bridgehead atoms. The van der Waals surface area contributed by atoms with Gasteiger partial charge >= 0.3 is 0 Å². The van der Waals surface area contributed by atoms with Crippen molar-refractivity contribution in [3.8, 4) is 11.5 Å². The molecular weight excluding hydrogens is 316 g/mol. The van der Waals surface area contributed by atoms with Crippen LogP contribution >= 0.6 is 0 Å². The fraction of sp³-hybridized carbons (Fsp3) is 0.700. The van der Waals surface area contributed by atoms with Gasteiger partial charge in [0.05, 0.1) is 20.3 Å². The molecule has 0 aromatic heterocycles. The van der Waals surface area contributed by atoms with E-state index in [-0.39, 0.29) is 0 Å². The minimum absolute atomic E-state index is 0.694. The van der Waals surface area contributed by atoms with Crippen LogP contribution in [0.15, 0.2) is 18.2 Å². The van der Waals surface area contributed by atoms with Gasteiger partial charge in [-0.1, -0.05) is 12.1 Å². The Morgan fingerprint density at radius 3 is 2.80 bits per heavy atom. The Morgan fingerprint density at radius 1 is 1.20 bits per heavy atom. The van der Waals surface area contributed by atoms with Crippen molar-refractivity contribution in [3.05, 3.63) is 23.8 Å². The Hall–Kier alpha value is -1.30. The number of nitrogens with zero attached hydrogens (tertiary/aromatic N) is 2. The normalized spacial score (nSPS) is 26.9. The van der Waals surface area contributed by atoms with E-state index in [0.717, 1.165) is 62.9 Å². The number of piperidine rings is 1. The van der Waals surface area contributed by atoms with Crippen molar-refractivity contribution in [1.82, 2.24) is 9.80 Å². The van der Waals surface area contributed by atoms with Gasteiger partial charge in [0, 0.05) is 44.3 Å². The third-order valence-corrected chi connectivity index (χ3v) is 5.93. The van der Waals surface area contributed by atoms with Crippen molar-refractivity contribution < 1.29 is 14.2 Å². The van der Waals surface area contributed by atoms with Gasteiger partial charge < -0.3 is 14.2 Å². The standard InChI is InChI=1S/C20H30N2O3/c1-23-19-4-2-3-17(15-22-14-16-5-6-18(22)13-16)20(19)25-12-9-21-7-10-24-11-8-21/h2-4,16,18H,5-15H2,1H3/t16-,18-/m0/s1. The lowest BCUT2D eigenvalue weighted by Gasteiger charge is -2.28. The average molecular weight is 346 g/mol. The largest absolute Gasteiger partial charge is 0.493 e. The van der Waals surface area contributed by atoms with Crippen molar-refractivity contribution >= 4 is 0 Å². The van der Waals surface area contributed by atoms with Crippen LogP contribution in [0.2, 0.25) is 0 Å². The summed E-state index contributed by atoms with van der Waals surface area (Å²) in [7, 11) is 1.73. The van der Waals surface area contributed by atoms with Crippen molar-refractivity contribution in [2.45, 2.75) is 31.8 Å². The Labute approximate surface area is 150 Å². The maximum Gasteiger partial charge on any atom is 0.165 e. The topological polar surface area (TPSA) is 34.2 Å². The second-order valence-electron chi connectivity index (χ2n) is 7.51. The van der Waals surface area contributed by atoms with Gasteiger partial charge in [0.1, 0.15) is 6.61 Å². The molecule has 5 heteroatoms. The van der Waals surface area contributed by atoms with Gasteiger partial charge in [0.15, 0.2) is 11.5 Å². The number of para-hydroxylation sites is 1. The number of morpholine rings is 1. The van der Waals surface area contributed by atoms with Crippen molar-refractivity contribution in [3.63, 3.8) is 0 Å². The molecule has 0 unspecified atom stereocenters. The zero-order valence-corrected chi connectivity index (χ0v) is 15.3. The molecule has 1 saturated carbocycles. The summed E-state index contributed by atoms with van der Waals surface area (Å²) < 4.78 is 17.2. The summed E-state index contributed by atoms with van der Waals surface area (Å²) in [6.45, 7) is 7.52. The zero-order chi connectivity index (χ0) is 17.1. The number of benzene rings is 1. The summed E-state index contributed by atoms with van der Waals surface area (Å²) >= 11 is 0. The molecule has 2 aliphatic heterocycles. The van der Waals surface area contributed by atoms with E-state index in [0.29, 0.717) is 6.61 Å². The highest BCUT2D eigenvalue weighted by Gasteiger charge is 2.37. The summed E-state index contributed by atoms with van der Waals surface area (Å²) in [4.78, 5) is 5.04. The number of rotatable bonds is 7. The predicted octanol–water partition coefficient (Wildman–Crippen LogP) is 2.39. The molecule has 3 aliphatic rings. The Bertz CT molecular complexity index is 574. The van der Waals surface area contributed by atoms with Gasteiger partial charge in [0.25, 0.3) is 0 Å². The van der Waals surface area contributed by atoms with Crippen LogP contribution in [-0.2, 0) is 11.3 Å². The van der Waals surface area contributed by atoms with Crippen LogP contribution in [0.4, 0.5) is 0 Å². The Balaban J connectivity index is 1.40. The molecule has 2 saturated heterocycles. The third-order valence-electron chi connectivity index (χ3n) is 5.93. The lowest BCUT2D eigenvalue weighted by molar-refractivity contribution is 0.0320. The van der Waals surface area contributed by atoms with Gasteiger partial charge in [0.2, 0.25) is 0 Å². The smallest absolute Gasteiger partial charge is 0.165 e.